The lowest BCUT2D eigenvalue weighted by Crippen LogP contribution is -2.60. The second-order valence-corrected chi connectivity index (χ2v) is 5.67. The monoisotopic (exact) mass is 320 g/mol. The molecule has 8 heteroatoms. The Labute approximate surface area is 129 Å². The van der Waals surface area contributed by atoms with E-state index in [1.807, 2.05) is 0 Å². The predicted octanol–water partition coefficient (Wildman–Crippen LogP) is -0.796. The third-order valence-corrected chi connectivity index (χ3v) is 4.16. The van der Waals surface area contributed by atoms with Crippen molar-refractivity contribution in [3.63, 3.8) is 0 Å². The van der Waals surface area contributed by atoms with E-state index in [1.165, 1.54) is 14.2 Å². The minimum Gasteiger partial charge on any atom is -0.460 e. The van der Waals surface area contributed by atoms with E-state index < -0.39 is 49.0 Å². The number of methoxy groups -OCH3 is 2. The molecule has 2 aliphatic heterocycles. The van der Waals surface area contributed by atoms with Crippen molar-refractivity contribution in [1.29, 1.82) is 0 Å². The van der Waals surface area contributed by atoms with E-state index in [0.29, 0.717) is 0 Å². The van der Waals surface area contributed by atoms with E-state index in [4.69, 9.17) is 23.7 Å². The molecule has 0 saturated carbocycles. The maximum atomic E-state index is 11.4. The molecule has 2 N–H and O–H groups in total. The van der Waals surface area contributed by atoms with Gasteiger partial charge in [-0.05, 0) is 13.8 Å². The molecule has 0 spiro atoms. The highest BCUT2D eigenvalue weighted by Crippen LogP contribution is 2.28. The number of carbonyl (C=O) groups is 1. The summed E-state index contributed by atoms with van der Waals surface area (Å²) in [5.74, 6) is -0.358. The zero-order chi connectivity index (χ0) is 16.4. The van der Waals surface area contributed by atoms with Crippen LogP contribution in [0.3, 0.4) is 0 Å². The highest BCUT2D eigenvalue weighted by atomic mass is 16.7. The third kappa shape index (κ3) is 3.42. The quantitative estimate of drug-likeness (QED) is 0.649. The average Bonchev–Trinajstić information content (AvgIpc) is 2.47. The van der Waals surface area contributed by atoms with Gasteiger partial charge in [0.1, 0.15) is 30.5 Å². The average molecular weight is 320 g/mol. The molecule has 8 atom stereocenters. The Morgan fingerprint density at radius 2 is 1.73 bits per heavy atom. The molecule has 2 fully saturated rings. The molecular weight excluding hydrogens is 296 g/mol. The van der Waals surface area contributed by atoms with Gasteiger partial charge in [-0.2, -0.15) is 0 Å². The Morgan fingerprint density at radius 1 is 1.05 bits per heavy atom. The van der Waals surface area contributed by atoms with Crippen LogP contribution in [0.5, 0.6) is 0 Å². The fourth-order valence-electron chi connectivity index (χ4n) is 2.86. The first-order valence-electron chi connectivity index (χ1n) is 7.31. The van der Waals surface area contributed by atoms with Crippen LogP contribution in [0.25, 0.3) is 0 Å². The molecule has 22 heavy (non-hydrogen) atoms. The van der Waals surface area contributed by atoms with Gasteiger partial charge in [0, 0.05) is 14.2 Å². The van der Waals surface area contributed by atoms with Crippen LogP contribution in [0.4, 0.5) is 0 Å². The Kier molecular flexibility index (Phi) is 5.76. The van der Waals surface area contributed by atoms with Gasteiger partial charge in [-0.3, -0.25) is 4.79 Å². The number of aliphatic hydroxyl groups is 2. The van der Waals surface area contributed by atoms with Crippen molar-refractivity contribution in [2.75, 3.05) is 14.2 Å². The molecule has 2 saturated heterocycles. The van der Waals surface area contributed by atoms with Crippen molar-refractivity contribution in [2.24, 2.45) is 0 Å². The second kappa shape index (κ2) is 7.20. The molecule has 128 valence electrons. The zero-order valence-corrected chi connectivity index (χ0v) is 13.2. The van der Waals surface area contributed by atoms with Crippen LogP contribution in [0.2, 0.25) is 0 Å². The SMILES string of the molecule is CO[C@@H]1[C@H](O)[C@@H](O[C@H]2[C@H](C)OC(=O)C[C@H]2OC)O[C@@H](C)[C@@H]1O. The fourth-order valence-corrected chi connectivity index (χ4v) is 2.86. The summed E-state index contributed by atoms with van der Waals surface area (Å²) in [5, 5.41) is 20.2. The maximum Gasteiger partial charge on any atom is 0.308 e. The number of aliphatic hydroxyl groups excluding tert-OH is 2. The first-order valence-corrected chi connectivity index (χ1v) is 7.31. The topological polar surface area (TPSA) is 104 Å². The lowest BCUT2D eigenvalue weighted by molar-refractivity contribution is -0.323. The van der Waals surface area contributed by atoms with Gasteiger partial charge in [-0.1, -0.05) is 0 Å². The van der Waals surface area contributed by atoms with Crippen molar-refractivity contribution in [3.8, 4) is 0 Å². The van der Waals surface area contributed by atoms with Gasteiger partial charge in [-0.15, -0.1) is 0 Å². The van der Waals surface area contributed by atoms with Crippen molar-refractivity contribution in [1.82, 2.24) is 0 Å². The van der Waals surface area contributed by atoms with Crippen LogP contribution in [0, 0.1) is 0 Å². The number of carbonyl (C=O) groups excluding carboxylic acids is 1. The minimum atomic E-state index is -1.17. The lowest BCUT2D eigenvalue weighted by atomic mass is 9.98. The highest BCUT2D eigenvalue weighted by molar-refractivity contribution is 5.71. The number of ether oxygens (including phenoxy) is 5. The lowest BCUT2D eigenvalue weighted by Gasteiger charge is -2.44. The van der Waals surface area contributed by atoms with Crippen LogP contribution >= 0.6 is 0 Å². The number of cyclic esters (lactones) is 1. The summed E-state index contributed by atoms with van der Waals surface area (Å²) in [4.78, 5) is 11.4. The molecule has 0 radical (unpaired) electrons. The Bertz CT molecular complexity index is 389. The molecule has 2 aliphatic rings. The van der Waals surface area contributed by atoms with E-state index in [1.54, 1.807) is 13.8 Å². The molecule has 0 aromatic rings. The zero-order valence-electron chi connectivity index (χ0n) is 13.2. The van der Waals surface area contributed by atoms with Crippen LogP contribution in [0.15, 0.2) is 0 Å². The van der Waals surface area contributed by atoms with Gasteiger partial charge in [0.05, 0.1) is 18.6 Å². The summed E-state index contributed by atoms with van der Waals surface area (Å²) >= 11 is 0. The number of hydrogen-bond donors (Lipinski definition) is 2. The molecule has 0 amide bonds. The van der Waals surface area contributed by atoms with Gasteiger partial charge in [0.25, 0.3) is 0 Å². The van der Waals surface area contributed by atoms with Crippen LogP contribution in [-0.2, 0) is 28.5 Å². The van der Waals surface area contributed by atoms with Crippen molar-refractivity contribution in [3.05, 3.63) is 0 Å². The normalized spacial score (nSPS) is 46.4. The minimum absolute atomic E-state index is 0.0696. The number of rotatable bonds is 4. The molecule has 8 nitrogen and oxygen atoms in total. The summed E-state index contributed by atoms with van der Waals surface area (Å²) < 4.78 is 26.9. The molecule has 0 aromatic heterocycles. The predicted molar refractivity (Wildman–Crippen MR) is 73.0 cm³/mol. The van der Waals surface area contributed by atoms with E-state index in [2.05, 4.69) is 0 Å². The van der Waals surface area contributed by atoms with E-state index in [0.717, 1.165) is 0 Å². The van der Waals surface area contributed by atoms with Gasteiger partial charge in [0.2, 0.25) is 0 Å². The fraction of sp³-hybridized carbons (Fsp3) is 0.929. The summed E-state index contributed by atoms with van der Waals surface area (Å²) in [5.41, 5.74) is 0. The Balaban J connectivity index is 2.09. The Morgan fingerprint density at radius 3 is 2.32 bits per heavy atom. The van der Waals surface area contributed by atoms with Crippen LogP contribution in [-0.4, -0.2) is 79.4 Å². The molecule has 0 aromatic carbocycles. The third-order valence-electron chi connectivity index (χ3n) is 4.16. The number of hydrogen-bond acceptors (Lipinski definition) is 8. The standard InChI is InChI=1S/C14H24O8/c1-6-10(16)13(19-4)11(17)14(21-6)22-12-7(2)20-9(15)5-8(12)18-3/h6-8,10-14,16-17H,5H2,1-4H3/t6-,7-,8+,10-,11-,12-,13-,14+/m0/s1. The first-order chi connectivity index (χ1) is 10.4. The molecule has 0 bridgehead atoms. The van der Waals surface area contributed by atoms with Crippen LogP contribution < -0.4 is 0 Å². The van der Waals surface area contributed by atoms with Gasteiger partial charge < -0.3 is 33.9 Å². The second-order valence-electron chi connectivity index (χ2n) is 5.67. The van der Waals surface area contributed by atoms with E-state index >= 15 is 0 Å². The molecule has 2 rings (SSSR count). The summed E-state index contributed by atoms with van der Waals surface area (Å²) in [6.07, 6.45) is -6.07. The number of esters is 1. The molecule has 0 aliphatic carbocycles. The van der Waals surface area contributed by atoms with Crippen molar-refractivity contribution >= 4 is 5.97 Å². The van der Waals surface area contributed by atoms with Gasteiger partial charge >= 0.3 is 5.97 Å². The van der Waals surface area contributed by atoms with Crippen LogP contribution in [0.1, 0.15) is 20.3 Å². The van der Waals surface area contributed by atoms with Crippen molar-refractivity contribution in [2.45, 2.75) is 69.3 Å². The maximum absolute atomic E-state index is 11.4. The highest BCUT2D eigenvalue weighted by Gasteiger charge is 2.47. The first kappa shape index (κ1) is 17.6. The molecule has 0 unspecified atom stereocenters. The smallest absolute Gasteiger partial charge is 0.308 e. The Hall–Kier alpha value is -0.770. The summed E-state index contributed by atoms with van der Waals surface area (Å²) in [6, 6.07) is 0. The van der Waals surface area contributed by atoms with Crippen molar-refractivity contribution < 1.29 is 38.7 Å². The van der Waals surface area contributed by atoms with Gasteiger partial charge in [0.15, 0.2) is 6.29 Å². The largest absolute Gasteiger partial charge is 0.460 e. The molecular formula is C14H24O8. The van der Waals surface area contributed by atoms with E-state index in [-0.39, 0.29) is 12.4 Å². The summed E-state index contributed by atoms with van der Waals surface area (Å²) in [7, 11) is 2.88. The van der Waals surface area contributed by atoms with E-state index in [9.17, 15) is 15.0 Å². The van der Waals surface area contributed by atoms with Gasteiger partial charge in [-0.25, -0.2) is 0 Å². The summed E-state index contributed by atoms with van der Waals surface area (Å²) in [6.45, 7) is 3.35. The molecule has 2 heterocycles.